The van der Waals surface area contributed by atoms with E-state index in [4.69, 9.17) is 4.74 Å². The monoisotopic (exact) mass is 270 g/mol. The van der Waals surface area contributed by atoms with Gasteiger partial charge in [-0.25, -0.2) is 4.79 Å². The van der Waals surface area contributed by atoms with Crippen molar-refractivity contribution in [3.05, 3.63) is 66.0 Å². The predicted molar refractivity (Wildman–Crippen MR) is 72.8 cm³/mol. The number of pyridine rings is 1. The number of nitrogens with one attached hydrogen (secondary N) is 1. The second-order valence-electron chi connectivity index (χ2n) is 4.08. The smallest absolute Gasteiger partial charge is 0.340 e. The van der Waals surface area contributed by atoms with E-state index in [0.29, 0.717) is 12.1 Å². The van der Waals surface area contributed by atoms with E-state index in [-0.39, 0.29) is 12.5 Å². The van der Waals surface area contributed by atoms with Gasteiger partial charge in [0.25, 0.3) is 5.91 Å². The number of ether oxygens (including phenoxy) is 1. The molecular formula is C15H14N2O3. The minimum absolute atomic E-state index is 0.305. The van der Waals surface area contributed by atoms with E-state index in [9.17, 15) is 9.59 Å². The second kappa shape index (κ2) is 7.04. The zero-order valence-electron chi connectivity index (χ0n) is 10.8. The van der Waals surface area contributed by atoms with Gasteiger partial charge in [-0.2, -0.15) is 0 Å². The topological polar surface area (TPSA) is 68.3 Å². The molecule has 2 aromatic rings. The normalized spacial score (nSPS) is 9.80. The number of esters is 1. The lowest BCUT2D eigenvalue weighted by Gasteiger charge is -2.06. The Hall–Kier alpha value is -2.69. The second-order valence-corrected chi connectivity index (χ2v) is 4.08. The number of hydrogen-bond acceptors (Lipinski definition) is 4. The molecule has 5 nitrogen and oxygen atoms in total. The summed E-state index contributed by atoms with van der Waals surface area (Å²) in [6.07, 6.45) is 2.95. The zero-order chi connectivity index (χ0) is 14.2. The van der Waals surface area contributed by atoms with Gasteiger partial charge < -0.3 is 10.1 Å². The standard InChI is InChI=1S/C15H14N2O3/c18-14(17-9-12-5-2-1-3-6-12)11-20-15(19)13-7-4-8-16-10-13/h1-8,10H,9,11H2,(H,17,18). The summed E-state index contributed by atoms with van der Waals surface area (Å²) >= 11 is 0. The van der Waals surface area contributed by atoms with Crippen LogP contribution in [0.15, 0.2) is 54.9 Å². The first-order chi connectivity index (χ1) is 9.75. The summed E-state index contributed by atoms with van der Waals surface area (Å²) in [6.45, 7) is 0.102. The van der Waals surface area contributed by atoms with E-state index in [2.05, 4.69) is 10.3 Å². The molecule has 1 aromatic heterocycles. The number of benzene rings is 1. The maximum atomic E-state index is 11.6. The molecule has 2 rings (SSSR count). The number of carbonyl (C=O) groups excluding carboxylic acids is 2. The lowest BCUT2D eigenvalue weighted by molar-refractivity contribution is -0.124. The molecular weight excluding hydrogens is 256 g/mol. The Labute approximate surface area is 116 Å². The number of rotatable bonds is 5. The maximum absolute atomic E-state index is 11.6. The van der Waals surface area contributed by atoms with E-state index in [1.54, 1.807) is 18.3 Å². The van der Waals surface area contributed by atoms with Crippen molar-refractivity contribution >= 4 is 11.9 Å². The maximum Gasteiger partial charge on any atom is 0.340 e. The average molecular weight is 270 g/mol. The van der Waals surface area contributed by atoms with Crippen LogP contribution in [0.3, 0.4) is 0 Å². The quantitative estimate of drug-likeness (QED) is 0.837. The molecule has 0 fully saturated rings. The van der Waals surface area contributed by atoms with E-state index in [1.807, 2.05) is 30.3 Å². The highest BCUT2D eigenvalue weighted by Gasteiger charge is 2.09. The van der Waals surface area contributed by atoms with Gasteiger partial charge in [0.15, 0.2) is 6.61 Å². The van der Waals surface area contributed by atoms with Crippen LogP contribution in [0.5, 0.6) is 0 Å². The number of amides is 1. The molecule has 20 heavy (non-hydrogen) atoms. The molecule has 1 heterocycles. The number of hydrogen-bond donors (Lipinski definition) is 1. The predicted octanol–water partition coefficient (Wildman–Crippen LogP) is 1.55. The number of aromatic nitrogens is 1. The SMILES string of the molecule is O=C(COC(=O)c1cccnc1)NCc1ccccc1. The van der Waals surface area contributed by atoms with Crippen molar-refractivity contribution < 1.29 is 14.3 Å². The summed E-state index contributed by atoms with van der Waals surface area (Å²) in [5, 5.41) is 2.67. The molecule has 102 valence electrons. The molecule has 1 amide bonds. The summed E-state index contributed by atoms with van der Waals surface area (Å²) in [4.78, 5) is 26.9. The van der Waals surface area contributed by atoms with Crippen LogP contribution in [0.4, 0.5) is 0 Å². The highest BCUT2D eigenvalue weighted by atomic mass is 16.5. The summed E-state index contributed by atoms with van der Waals surface area (Å²) in [5.74, 6) is -0.904. The fourth-order valence-corrected chi connectivity index (χ4v) is 1.55. The van der Waals surface area contributed by atoms with Gasteiger partial charge in [-0.3, -0.25) is 9.78 Å². The molecule has 0 aliphatic carbocycles. The van der Waals surface area contributed by atoms with Gasteiger partial charge in [-0.15, -0.1) is 0 Å². The summed E-state index contributed by atoms with van der Waals surface area (Å²) in [7, 11) is 0. The molecule has 0 saturated heterocycles. The first-order valence-corrected chi connectivity index (χ1v) is 6.13. The van der Waals surface area contributed by atoms with Crippen molar-refractivity contribution in [1.82, 2.24) is 10.3 Å². The van der Waals surface area contributed by atoms with E-state index < -0.39 is 5.97 Å². The molecule has 0 aliphatic heterocycles. The van der Waals surface area contributed by atoms with Crippen molar-refractivity contribution in [2.45, 2.75) is 6.54 Å². The molecule has 0 bridgehead atoms. The summed E-state index contributed by atoms with van der Waals surface area (Å²) in [5.41, 5.74) is 1.31. The molecule has 1 N–H and O–H groups in total. The van der Waals surface area contributed by atoms with Crippen molar-refractivity contribution in [3.8, 4) is 0 Å². The molecule has 1 aromatic carbocycles. The third-order valence-corrected chi connectivity index (χ3v) is 2.56. The van der Waals surface area contributed by atoms with Crippen molar-refractivity contribution in [2.75, 3.05) is 6.61 Å². The van der Waals surface area contributed by atoms with Crippen LogP contribution < -0.4 is 5.32 Å². The van der Waals surface area contributed by atoms with Gasteiger partial charge in [-0.1, -0.05) is 30.3 Å². The van der Waals surface area contributed by atoms with E-state index in [0.717, 1.165) is 5.56 Å². The molecule has 0 unspecified atom stereocenters. The Bertz CT molecular complexity index is 570. The van der Waals surface area contributed by atoms with Crippen LogP contribution in [0.2, 0.25) is 0 Å². The molecule has 5 heteroatoms. The highest BCUT2D eigenvalue weighted by Crippen LogP contribution is 1.99. The van der Waals surface area contributed by atoms with Gasteiger partial charge in [-0.05, 0) is 17.7 Å². The number of carbonyl (C=O) groups is 2. The van der Waals surface area contributed by atoms with Gasteiger partial charge in [0.2, 0.25) is 0 Å². The van der Waals surface area contributed by atoms with Crippen molar-refractivity contribution in [3.63, 3.8) is 0 Å². The third-order valence-electron chi connectivity index (χ3n) is 2.56. The minimum Gasteiger partial charge on any atom is -0.452 e. The van der Waals surface area contributed by atoms with Gasteiger partial charge >= 0.3 is 5.97 Å². The van der Waals surface area contributed by atoms with Gasteiger partial charge in [0.1, 0.15) is 0 Å². The van der Waals surface area contributed by atoms with E-state index >= 15 is 0 Å². The fourth-order valence-electron chi connectivity index (χ4n) is 1.55. The molecule has 0 radical (unpaired) electrons. The third kappa shape index (κ3) is 4.20. The summed E-state index contributed by atoms with van der Waals surface area (Å²) in [6, 6.07) is 12.7. The first kappa shape index (κ1) is 13.7. The van der Waals surface area contributed by atoms with Gasteiger partial charge in [0, 0.05) is 18.9 Å². The van der Waals surface area contributed by atoms with Crippen LogP contribution in [-0.2, 0) is 16.1 Å². The fraction of sp³-hybridized carbons (Fsp3) is 0.133. The molecule has 0 spiro atoms. The Morgan fingerprint density at radius 2 is 1.90 bits per heavy atom. The van der Waals surface area contributed by atoms with Gasteiger partial charge in [0.05, 0.1) is 5.56 Å². The Balaban J connectivity index is 1.74. The van der Waals surface area contributed by atoms with Crippen molar-refractivity contribution in [2.24, 2.45) is 0 Å². The van der Waals surface area contributed by atoms with Crippen LogP contribution >= 0.6 is 0 Å². The van der Waals surface area contributed by atoms with Crippen molar-refractivity contribution in [1.29, 1.82) is 0 Å². The molecule has 0 aliphatic rings. The summed E-state index contributed by atoms with van der Waals surface area (Å²) < 4.78 is 4.89. The largest absolute Gasteiger partial charge is 0.452 e. The van der Waals surface area contributed by atoms with Crippen LogP contribution in [0.1, 0.15) is 15.9 Å². The Morgan fingerprint density at radius 3 is 2.60 bits per heavy atom. The van der Waals surface area contributed by atoms with Crippen LogP contribution in [-0.4, -0.2) is 23.5 Å². The van der Waals surface area contributed by atoms with E-state index in [1.165, 1.54) is 6.20 Å². The average Bonchev–Trinajstić information content (AvgIpc) is 2.52. The zero-order valence-corrected chi connectivity index (χ0v) is 10.8. The Kier molecular flexibility index (Phi) is 4.83. The number of nitrogens with zero attached hydrogens (tertiary/aromatic N) is 1. The van der Waals surface area contributed by atoms with Crippen LogP contribution in [0, 0.1) is 0 Å². The first-order valence-electron chi connectivity index (χ1n) is 6.13. The Morgan fingerprint density at radius 1 is 1.10 bits per heavy atom. The highest BCUT2D eigenvalue weighted by molar-refractivity contribution is 5.90. The minimum atomic E-state index is -0.562. The molecule has 0 atom stereocenters. The molecule has 0 saturated carbocycles. The van der Waals surface area contributed by atoms with Crippen LogP contribution in [0.25, 0.3) is 0 Å². The lowest BCUT2D eigenvalue weighted by Crippen LogP contribution is -2.28. The lowest BCUT2D eigenvalue weighted by atomic mass is 10.2.